The third kappa shape index (κ3) is 9.95. The Morgan fingerprint density at radius 1 is 0.918 bits per heavy atom. The molecule has 326 valence electrons. The molecule has 0 radical (unpaired) electrons. The van der Waals surface area contributed by atoms with E-state index in [2.05, 4.69) is 36.7 Å². The van der Waals surface area contributed by atoms with E-state index in [1.807, 2.05) is 60.7 Å². The standard InChI is InChI=1S/C40H47BrN8O10S2/c1-37(2,3)57-32(52)39(7,8)59-46-25(24-28(41)60-34(44-24)45-35(54)58-38(4,5)6)29(50)43-26-30(51)47-21-40(61-31(26)47,48-19-20-49(42)36(48)55)33(53)56-27(22-15-11-9-12-16-22)23-17-13-10-14-18-23/h9-18,26-27,31H,19-21,42H2,1-8H3,(H,43,50)(H,44,45,54)/b46-25-/t26-,31-,40-/m1/s1. The van der Waals surface area contributed by atoms with Crippen molar-refractivity contribution < 1.29 is 47.8 Å². The fourth-order valence-corrected chi connectivity index (χ4v) is 9.46. The first kappa shape index (κ1) is 45.3. The average molecular weight is 944 g/mol. The number of rotatable bonds is 12. The summed E-state index contributed by atoms with van der Waals surface area (Å²) in [6.45, 7) is 12.8. The number of thiazole rings is 1. The fourth-order valence-electron chi connectivity index (χ4n) is 6.36. The van der Waals surface area contributed by atoms with Gasteiger partial charge in [0.25, 0.3) is 5.91 Å². The molecule has 3 aliphatic heterocycles. The minimum atomic E-state index is -1.76. The number of ether oxygens (including phenoxy) is 3. The van der Waals surface area contributed by atoms with Crippen molar-refractivity contribution in [3.05, 3.63) is 81.3 Å². The van der Waals surface area contributed by atoms with E-state index in [1.54, 1.807) is 41.5 Å². The average Bonchev–Trinajstić information content (AvgIpc) is 3.84. The van der Waals surface area contributed by atoms with Gasteiger partial charge in [0.05, 0.1) is 13.1 Å². The van der Waals surface area contributed by atoms with Gasteiger partial charge in [-0.15, -0.1) is 0 Å². The summed E-state index contributed by atoms with van der Waals surface area (Å²) in [5, 5.41) is 9.43. The summed E-state index contributed by atoms with van der Waals surface area (Å²) < 4.78 is 17.4. The Balaban J connectivity index is 1.30. The number of hydrazine groups is 1. The van der Waals surface area contributed by atoms with Gasteiger partial charge in [0.2, 0.25) is 16.4 Å². The second-order valence-electron chi connectivity index (χ2n) is 16.8. The van der Waals surface area contributed by atoms with Crippen molar-refractivity contribution in [1.29, 1.82) is 0 Å². The second kappa shape index (κ2) is 17.3. The normalized spacial score (nSPS) is 20.6. The molecule has 3 aromatic rings. The first-order valence-electron chi connectivity index (χ1n) is 19.1. The van der Waals surface area contributed by atoms with Crippen LogP contribution in [0.15, 0.2) is 69.6 Å². The number of carbonyl (C=O) groups is 6. The number of urea groups is 1. The fraction of sp³-hybridized carbons (Fsp3) is 0.450. The Bertz CT molecular complexity index is 2190. The predicted octanol–water partition coefficient (Wildman–Crippen LogP) is 5.13. The van der Waals surface area contributed by atoms with Crippen LogP contribution < -0.4 is 16.5 Å². The van der Waals surface area contributed by atoms with E-state index in [9.17, 15) is 28.8 Å². The van der Waals surface area contributed by atoms with Crippen LogP contribution in [0.4, 0.5) is 14.7 Å². The molecule has 0 bridgehead atoms. The van der Waals surface area contributed by atoms with Crippen molar-refractivity contribution >= 4 is 85.7 Å². The zero-order valence-electron chi connectivity index (χ0n) is 34.7. The Kier molecular flexibility index (Phi) is 12.8. The molecule has 4 N–H and O–H groups in total. The van der Waals surface area contributed by atoms with Gasteiger partial charge in [-0.3, -0.25) is 24.8 Å². The maximum absolute atomic E-state index is 14.7. The van der Waals surface area contributed by atoms with Gasteiger partial charge in [0, 0.05) is 6.54 Å². The van der Waals surface area contributed by atoms with Crippen molar-refractivity contribution in [3.8, 4) is 0 Å². The highest BCUT2D eigenvalue weighted by molar-refractivity contribution is 9.11. The van der Waals surface area contributed by atoms with Gasteiger partial charge >= 0.3 is 24.1 Å². The van der Waals surface area contributed by atoms with Gasteiger partial charge in [0.15, 0.2) is 16.9 Å². The van der Waals surface area contributed by atoms with Crippen LogP contribution in [-0.4, -0.2) is 114 Å². The van der Waals surface area contributed by atoms with Gasteiger partial charge in [-0.25, -0.2) is 30.0 Å². The summed E-state index contributed by atoms with van der Waals surface area (Å²) in [4.78, 5) is 93.0. The topological polar surface area (TPSA) is 224 Å². The molecular formula is C40H47BrN8O10S2. The highest BCUT2D eigenvalue weighted by Crippen LogP contribution is 2.51. The Morgan fingerprint density at radius 3 is 2.05 bits per heavy atom. The van der Waals surface area contributed by atoms with Gasteiger partial charge in [-0.1, -0.05) is 88.9 Å². The van der Waals surface area contributed by atoms with E-state index < -0.39 is 80.8 Å². The Labute approximate surface area is 368 Å². The number of β-lactam (4-membered cyclic amide) rings is 1. The number of benzene rings is 2. The highest BCUT2D eigenvalue weighted by atomic mass is 79.9. The summed E-state index contributed by atoms with van der Waals surface area (Å²) >= 11 is 5.31. The molecular weight excluding hydrogens is 897 g/mol. The first-order valence-corrected chi connectivity index (χ1v) is 21.6. The first-order chi connectivity index (χ1) is 28.5. The molecule has 1 aromatic heterocycles. The minimum Gasteiger partial charge on any atom is -0.457 e. The zero-order valence-corrected chi connectivity index (χ0v) is 37.9. The number of carbonyl (C=O) groups excluding carboxylic acids is 6. The molecule has 3 saturated heterocycles. The van der Waals surface area contributed by atoms with Crippen LogP contribution >= 0.6 is 39.0 Å². The van der Waals surface area contributed by atoms with Crippen LogP contribution in [0.25, 0.3) is 0 Å². The molecule has 61 heavy (non-hydrogen) atoms. The highest BCUT2D eigenvalue weighted by Gasteiger charge is 2.67. The van der Waals surface area contributed by atoms with E-state index in [1.165, 1.54) is 23.6 Å². The van der Waals surface area contributed by atoms with Crippen molar-refractivity contribution in [2.75, 3.05) is 25.0 Å². The number of nitrogens with one attached hydrogen (secondary N) is 2. The quantitative estimate of drug-likeness (QED) is 0.0408. The van der Waals surface area contributed by atoms with Crippen LogP contribution in [0.2, 0.25) is 0 Å². The van der Waals surface area contributed by atoms with Gasteiger partial charge in [-0.05, 0) is 82.4 Å². The number of fused-ring (bicyclic) bond motifs is 1. The molecule has 0 spiro atoms. The lowest BCUT2D eigenvalue weighted by atomic mass is 10.0. The lowest BCUT2D eigenvalue weighted by Crippen LogP contribution is -2.68. The predicted molar refractivity (Wildman–Crippen MR) is 229 cm³/mol. The molecule has 0 unspecified atom stereocenters. The third-order valence-electron chi connectivity index (χ3n) is 9.24. The van der Waals surface area contributed by atoms with Gasteiger partial charge < -0.3 is 29.3 Å². The lowest BCUT2D eigenvalue weighted by molar-refractivity contribution is -0.179. The van der Waals surface area contributed by atoms with E-state index >= 15 is 0 Å². The molecule has 3 atom stereocenters. The largest absolute Gasteiger partial charge is 0.457 e. The number of hydrogen-bond donors (Lipinski definition) is 3. The monoisotopic (exact) mass is 942 g/mol. The molecule has 21 heteroatoms. The number of aromatic nitrogens is 1. The third-order valence-corrected chi connectivity index (χ3v) is 12.5. The summed E-state index contributed by atoms with van der Waals surface area (Å²) in [6, 6.07) is 16.3. The van der Waals surface area contributed by atoms with Crippen molar-refractivity contribution in [2.45, 2.75) is 94.6 Å². The van der Waals surface area contributed by atoms with Crippen LogP contribution in [0.5, 0.6) is 0 Å². The van der Waals surface area contributed by atoms with Gasteiger partial charge in [-0.2, -0.15) is 0 Å². The summed E-state index contributed by atoms with van der Waals surface area (Å²) in [7, 11) is 0. The molecule has 3 aliphatic rings. The zero-order chi connectivity index (χ0) is 44.7. The number of halogens is 1. The number of anilines is 1. The molecule has 0 aliphatic carbocycles. The van der Waals surface area contributed by atoms with Gasteiger partial charge in [0.1, 0.15) is 32.1 Å². The number of thioether (sulfide) groups is 1. The number of oxime groups is 1. The molecule has 2 aromatic carbocycles. The van der Waals surface area contributed by atoms with E-state index in [4.69, 9.17) is 24.9 Å². The summed E-state index contributed by atoms with van der Waals surface area (Å²) in [5.41, 5.74) is -2.61. The number of amides is 5. The molecule has 6 rings (SSSR count). The smallest absolute Gasteiger partial charge is 0.413 e. The Hall–Kier alpha value is -5.25. The van der Waals surface area contributed by atoms with Crippen LogP contribution in [-0.2, 0) is 38.2 Å². The van der Waals surface area contributed by atoms with Crippen LogP contribution in [0.1, 0.15) is 78.3 Å². The molecule has 0 saturated carbocycles. The molecule has 3 fully saturated rings. The minimum absolute atomic E-state index is 0.0251. The summed E-state index contributed by atoms with van der Waals surface area (Å²) in [5.74, 6) is 2.92. The van der Waals surface area contributed by atoms with Crippen molar-refractivity contribution in [1.82, 2.24) is 25.1 Å². The SMILES string of the molecule is CC(C)(C)OC(=O)Nc1nc(/C(=N/OC(C)(C)C(=O)OC(C)(C)C)C(=O)N[C@@H]2C(=O)N3C[C@@](C(=O)OC(c4ccccc4)c4ccccc4)(N4CCN(N)C4=O)S[C@H]23)c(Br)s1. The maximum Gasteiger partial charge on any atom is 0.413 e. The maximum atomic E-state index is 14.7. The molecule has 18 nitrogen and oxygen atoms in total. The molecule has 5 amide bonds. The van der Waals surface area contributed by atoms with E-state index in [0.29, 0.717) is 11.1 Å². The van der Waals surface area contributed by atoms with E-state index in [-0.39, 0.29) is 34.2 Å². The van der Waals surface area contributed by atoms with Crippen LogP contribution in [0, 0.1) is 0 Å². The second-order valence-corrected chi connectivity index (χ2v) is 20.5. The molecule has 4 heterocycles. The van der Waals surface area contributed by atoms with E-state index in [0.717, 1.165) is 28.1 Å². The Morgan fingerprint density at radius 2 is 1.51 bits per heavy atom. The lowest BCUT2D eigenvalue weighted by Gasteiger charge is -2.41. The number of nitrogens with zero attached hydrogens (tertiary/aromatic N) is 5. The van der Waals surface area contributed by atoms with Crippen LogP contribution in [0.3, 0.4) is 0 Å². The van der Waals surface area contributed by atoms with Crippen molar-refractivity contribution in [3.63, 3.8) is 0 Å². The van der Waals surface area contributed by atoms with Crippen molar-refractivity contribution in [2.24, 2.45) is 11.0 Å². The summed E-state index contributed by atoms with van der Waals surface area (Å²) in [6.07, 6.45) is -1.67. The number of nitrogens with two attached hydrogens (primary N) is 1. The number of esters is 2. The number of hydrogen-bond acceptors (Lipinski definition) is 15.